The average molecular weight is 240 g/mol. The van der Waals surface area contributed by atoms with E-state index in [2.05, 4.69) is 0 Å². The summed E-state index contributed by atoms with van der Waals surface area (Å²) in [7, 11) is -3.24. The summed E-state index contributed by atoms with van der Waals surface area (Å²) in [6.07, 6.45) is 1.43. The fourth-order valence-corrected chi connectivity index (χ4v) is 2.78. The van der Waals surface area contributed by atoms with Gasteiger partial charge in [0.05, 0.1) is 5.75 Å². The molecule has 0 heterocycles. The normalized spacial score (nSPS) is 11.3. The van der Waals surface area contributed by atoms with Crippen molar-refractivity contribution in [3.8, 4) is 0 Å². The number of benzene rings is 1. The highest BCUT2D eigenvalue weighted by Gasteiger charge is 2.16. The van der Waals surface area contributed by atoms with E-state index in [4.69, 9.17) is 0 Å². The van der Waals surface area contributed by atoms with Gasteiger partial charge in [0, 0.05) is 5.56 Å². The molecule has 0 aliphatic carbocycles. The highest BCUT2D eigenvalue weighted by molar-refractivity contribution is 7.92. The predicted octanol–water partition coefficient (Wildman–Crippen LogP) is 2.08. The van der Waals surface area contributed by atoms with Crippen LogP contribution >= 0.6 is 0 Å². The number of rotatable bonds is 6. The molecule has 0 atom stereocenters. The van der Waals surface area contributed by atoms with Gasteiger partial charge in [-0.05, 0) is 6.42 Å². The van der Waals surface area contributed by atoms with Crippen LogP contribution < -0.4 is 0 Å². The average Bonchev–Trinajstić information content (AvgIpc) is 2.27. The van der Waals surface area contributed by atoms with Gasteiger partial charge in [-0.2, -0.15) is 0 Å². The molecular weight excluding hydrogens is 224 g/mol. The molecule has 0 saturated carbocycles. The Hall–Kier alpha value is -1.16. The Morgan fingerprint density at radius 1 is 1.19 bits per heavy atom. The van der Waals surface area contributed by atoms with Crippen molar-refractivity contribution in [3.63, 3.8) is 0 Å². The van der Waals surface area contributed by atoms with Gasteiger partial charge >= 0.3 is 0 Å². The van der Waals surface area contributed by atoms with Crippen LogP contribution in [-0.4, -0.2) is 25.7 Å². The van der Waals surface area contributed by atoms with Crippen LogP contribution in [0.25, 0.3) is 0 Å². The molecule has 1 rings (SSSR count). The Kier molecular flexibility index (Phi) is 4.68. The minimum atomic E-state index is -3.24. The van der Waals surface area contributed by atoms with Crippen LogP contribution in [0.4, 0.5) is 0 Å². The zero-order valence-corrected chi connectivity index (χ0v) is 10.2. The summed E-state index contributed by atoms with van der Waals surface area (Å²) in [5, 5.41) is 0. The molecule has 4 heteroatoms. The number of carbonyl (C=O) groups excluding carboxylic acids is 1. The molecule has 3 nitrogen and oxygen atoms in total. The molecule has 0 saturated heterocycles. The highest BCUT2D eigenvalue weighted by atomic mass is 32.2. The van der Waals surface area contributed by atoms with Crippen molar-refractivity contribution in [1.29, 1.82) is 0 Å². The third kappa shape index (κ3) is 4.14. The number of carbonyl (C=O) groups is 1. The summed E-state index contributed by atoms with van der Waals surface area (Å²) in [5.74, 6) is -0.601. The molecule has 1 aromatic rings. The third-order valence-corrected chi connectivity index (χ3v) is 3.87. The summed E-state index contributed by atoms with van der Waals surface area (Å²) in [6, 6.07) is 8.52. The van der Waals surface area contributed by atoms with Crippen LogP contribution in [-0.2, 0) is 9.84 Å². The first kappa shape index (κ1) is 12.9. The Morgan fingerprint density at radius 2 is 1.81 bits per heavy atom. The molecule has 0 aromatic heterocycles. The van der Waals surface area contributed by atoms with E-state index in [0.29, 0.717) is 12.0 Å². The Morgan fingerprint density at radius 3 is 2.38 bits per heavy atom. The SMILES string of the molecule is CCCCS(=O)(=O)CC(=O)c1ccccc1. The van der Waals surface area contributed by atoms with Gasteiger partial charge in [0.25, 0.3) is 0 Å². The Balaban J connectivity index is 2.65. The highest BCUT2D eigenvalue weighted by Crippen LogP contribution is 2.04. The van der Waals surface area contributed by atoms with Crippen molar-refractivity contribution in [1.82, 2.24) is 0 Å². The summed E-state index contributed by atoms with van der Waals surface area (Å²) in [4.78, 5) is 11.6. The maximum Gasteiger partial charge on any atom is 0.177 e. The van der Waals surface area contributed by atoms with E-state index in [1.807, 2.05) is 6.92 Å². The molecule has 0 aliphatic heterocycles. The van der Waals surface area contributed by atoms with E-state index in [1.165, 1.54) is 0 Å². The van der Waals surface area contributed by atoms with Gasteiger partial charge in [0.1, 0.15) is 5.75 Å². The van der Waals surface area contributed by atoms with Crippen molar-refractivity contribution in [2.45, 2.75) is 19.8 Å². The second-order valence-electron chi connectivity index (χ2n) is 3.73. The fourth-order valence-electron chi connectivity index (χ4n) is 1.34. The number of unbranched alkanes of at least 4 members (excludes halogenated alkanes) is 1. The summed E-state index contributed by atoms with van der Waals surface area (Å²) < 4.78 is 23.1. The lowest BCUT2D eigenvalue weighted by Gasteiger charge is -2.02. The minimum absolute atomic E-state index is 0.0993. The number of ketones is 1. The van der Waals surface area contributed by atoms with E-state index in [1.54, 1.807) is 30.3 Å². The number of sulfone groups is 1. The maximum absolute atomic E-state index is 11.6. The first-order chi connectivity index (χ1) is 7.55. The lowest BCUT2D eigenvalue weighted by Crippen LogP contribution is -2.18. The van der Waals surface area contributed by atoms with E-state index in [-0.39, 0.29) is 17.3 Å². The van der Waals surface area contributed by atoms with Crippen LogP contribution in [0.15, 0.2) is 30.3 Å². The zero-order valence-electron chi connectivity index (χ0n) is 9.35. The Labute approximate surface area is 96.4 Å². The molecule has 88 valence electrons. The van der Waals surface area contributed by atoms with Gasteiger partial charge in [-0.25, -0.2) is 8.42 Å². The van der Waals surface area contributed by atoms with Crippen LogP contribution in [0.2, 0.25) is 0 Å². The fraction of sp³-hybridized carbons (Fsp3) is 0.417. The monoisotopic (exact) mass is 240 g/mol. The number of Topliss-reactive ketones (excluding diaryl/α,β-unsaturated/α-hetero) is 1. The second kappa shape index (κ2) is 5.80. The molecule has 0 fully saturated rings. The van der Waals surface area contributed by atoms with Crippen LogP contribution in [0.5, 0.6) is 0 Å². The molecule has 0 N–H and O–H groups in total. The van der Waals surface area contributed by atoms with Gasteiger partial charge < -0.3 is 0 Å². The zero-order chi connectivity index (χ0) is 12.0. The van der Waals surface area contributed by atoms with Gasteiger partial charge in [-0.15, -0.1) is 0 Å². The van der Waals surface area contributed by atoms with Gasteiger partial charge in [0.2, 0.25) is 0 Å². The first-order valence-corrected chi connectivity index (χ1v) is 7.16. The first-order valence-electron chi connectivity index (χ1n) is 5.34. The van der Waals surface area contributed by atoms with Gasteiger partial charge in [0.15, 0.2) is 15.6 Å². The molecule has 1 aromatic carbocycles. The lowest BCUT2D eigenvalue weighted by molar-refractivity contribution is 0.102. The summed E-state index contributed by atoms with van der Waals surface area (Å²) >= 11 is 0. The molecule has 0 amide bonds. The molecule has 0 aliphatic rings. The molecule has 0 spiro atoms. The van der Waals surface area contributed by atoms with Crippen molar-refractivity contribution in [2.75, 3.05) is 11.5 Å². The topological polar surface area (TPSA) is 51.2 Å². The molecule has 0 unspecified atom stereocenters. The molecule has 0 radical (unpaired) electrons. The van der Waals surface area contributed by atoms with Crippen molar-refractivity contribution < 1.29 is 13.2 Å². The Bertz CT molecular complexity index is 435. The molecule has 16 heavy (non-hydrogen) atoms. The van der Waals surface area contributed by atoms with Crippen molar-refractivity contribution in [2.24, 2.45) is 0 Å². The third-order valence-electron chi connectivity index (χ3n) is 2.26. The maximum atomic E-state index is 11.6. The number of hydrogen-bond donors (Lipinski definition) is 0. The quantitative estimate of drug-likeness (QED) is 0.715. The van der Waals surface area contributed by atoms with E-state index in [0.717, 1.165) is 6.42 Å². The van der Waals surface area contributed by atoms with Crippen LogP contribution in [0.1, 0.15) is 30.1 Å². The van der Waals surface area contributed by atoms with E-state index >= 15 is 0 Å². The van der Waals surface area contributed by atoms with E-state index in [9.17, 15) is 13.2 Å². The van der Waals surface area contributed by atoms with Crippen LogP contribution in [0.3, 0.4) is 0 Å². The minimum Gasteiger partial charge on any atom is -0.293 e. The van der Waals surface area contributed by atoms with Gasteiger partial charge in [-0.1, -0.05) is 43.7 Å². The van der Waals surface area contributed by atoms with Crippen LogP contribution in [0, 0.1) is 0 Å². The molecule has 0 bridgehead atoms. The molecular formula is C12H16O3S. The van der Waals surface area contributed by atoms with Gasteiger partial charge in [-0.3, -0.25) is 4.79 Å². The van der Waals surface area contributed by atoms with Crippen molar-refractivity contribution in [3.05, 3.63) is 35.9 Å². The summed E-state index contributed by atoms with van der Waals surface area (Å²) in [6.45, 7) is 1.93. The lowest BCUT2D eigenvalue weighted by atomic mass is 10.2. The summed E-state index contributed by atoms with van der Waals surface area (Å²) in [5.41, 5.74) is 0.461. The van der Waals surface area contributed by atoms with Crippen molar-refractivity contribution >= 4 is 15.6 Å². The predicted molar refractivity (Wildman–Crippen MR) is 64.3 cm³/mol. The largest absolute Gasteiger partial charge is 0.293 e. The smallest absolute Gasteiger partial charge is 0.177 e. The second-order valence-corrected chi connectivity index (χ2v) is 5.92. The standard InChI is InChI=1S/C12H16O3S/c1-2-3-9-16(14,15)10-12(13)11-7-5-4-6-8-11/h4-8H,2-3,9-10H2,1H3. The number of hydrogen-bond acceptors (Lipinski definition) is 3. The van der Waals surface area contributed by atoms with E-state index < -0.39 is 9.84 Å².